The minimum atomic E-state index is -0.0349. The maximum atomic E-state index is 11.3. The lowest BCUT2D eigenvalue weighted by Gasteiger charge is -2.14. The average molecular weight is 442 g/mol. The molecule has 5 heteroatoms. The molecule has 0 bridgehead atoms. The Hall–Kier alpha value is -2.53. The smallest absolute Gasteiger partial charge is 0.217 e. The highest BCUT2D eigenvalue weighted by Gasteiger charge is 2.09. The molecule has 1 unspecified atom stereocenters. The Balaban J connectivity index is 1.79. The highest BCUT2D eigenvalue weighted by atomic mass is 79.9. The summed E-state index contributed by atoms with van der Waals surface area (Å²) in [6, 6.07) is 17.8. The van der Waals surface area contributed by atoms with Gasteiger partial charge in [0.1, 0.15) is 17.2 Å². The number of halogens is 1. The van der Waals surface area contributed by atoms with Gasteiger partial charge < -0.3 is 14.8 Å². The molecule has 3 aromatic rings. The van der Waals surface area contributed by atoms with Crippen LogP contribution >= 0.6 is 15.9 Å². The van der Waals surface area contributed by atoms with E-state index in [-0.39, 0.29) is 18.1 Å². The first-order chi connectivity index (χ1) is 13.3. The van der Waals surface area contributed by atoms with Crippen molar-refractivity contribution in [1.82, 2.24) is 5.32 Å². The van der Waals surface area contributed by atoms with Crippen molar-refractivity contribution in [2.45, 2.75) is 39.8 Å². The topological polar surface area (TPSA) is 47.6 Å². The van der Waals surface area contributed by atoms with E-state index in [2.05, 4.69) is 27.3 Å². The summed E-state index contributed by atoms with van der Waals surface area (Å²) in [7, 11) is 0. The first-order valence-electron chi connectivity index (χ1n) is 9.26. The highest BCUT2D eigenvalue weighted by Crippen LogP contribution is 2.33. The zero-order valence-corrected chi connectivity index (χ0v) is 18.0. The van der Waals surface area contributed by atoms with E-state index in [0.717, 1.165) is 38.1 Å². The second-order valence-electron chi connectivity index (χ2n) is 7.05. The molecular weight excluding hydrogens is 418 g/mol. The summed E-state index contributed by atoms with van der Waals surface area (Å²) >= 11 is 3.53. The lowest BCUT2D eigenvalue weighted by Crippen LogP contribution is -2.23. The van der Waals surface area contributed by atoms with Crippen LogP contribution in [0.3, 0.4) is 0 Å². The fraction of sp³-hybridized carbons (Fsp3) is 0.261. The van der Waals surface area contributed by atoms with Gasteiger partial charge in [-0.3, -0.25) is 4.79 Å². The largest absolute Gasteiger partial charge is 0.490 e. The van der Waals surface area contributed by atoms with E-state index in [9.17, 15) is 4.79 Å². The van der Waals surface area contributed by atoms with Gasteiger partial charge in [0, 0.05) is 6.92 Å². The fourth-order valence-corrected chi connectivity index (χ4v) is 3.45. The predicted molar refractivity (Wildman–Crippen MR) is 116 cm³/mol. The van der Waals surface area contributed by atoms with Crippen LogP contribution in [-0.2, 0) is 4.79 Å². The van der Waals surface area contributed by atoms with Crippen molar-refractivity contribution in [3.63, 3.8) is 0 Å². The van der Waals surface area contributed by atoms with Crippen LogP contribution in [0, 0.1) is 0 Å². The number of carbonyl (C=O) groups excluding carboxylic acids is 1. The molecule has 0 radical (unpaired) electrons. The van der Waals surface area contributed by atoms with E-state index >= 15 is 0 Å². The summed E-state index contributed by atoms with van der Waals surface area (Å²) in [4.78, 5) is 11.3. The summed E-state index contributed by atoms with van der Waals surface area (Å²) in [5.41, 5.74) is 1.07. The molecule has 4 nitrogen and oxygen atoms in total. The van der Waals surface area contributed by atoms with Crippen LogP contribution in [0.2, 0.25) is 0 Å². The molecule has 0 heterocycles. The minimum Gasteiger partial charge on any atom is -0.490 e. The van der Waals surface area contributed by atoms with E-state index in [1.807, 2.05) is 69.3 Å². The van der Waals surface area contributed by atoms with Gasteiger partial charge in [-0.15, -0.1) is 0 Å². The summed E-state index contributed by atoms with van der Waals surface area (Å²) < 4.78 is 12.6. The van der Waals surface area contributed by atoms with Gasteiger partial charge in [-0.05, 0) is 89.4 Å². The maximum absolute atomic E-state index is 11.3. The molecule has 0 aliphatic heterocycles. The van der Waals surface area contributed by atoms with E-state index in [1.165, 1.54) is 6.92 Å². The Morgan fingerprint density at radius 3 is 2.25 bits per heavy atom. The molecule has 0 aliphatic carbocycles. The van der Waals surface area contributed by atoms with Crippen molar-refractivity contribution in [2.75, 3.05) is 0 Å². The number of hydrogen-bond donors (Lipinski definition) is 1. The number of hydrogen-bond acceptors (Lipinski definition) is 3. The van der Waals surface area contributed by atoms with Gasteiger partial charge >= 0.3 is 0 Å². The Kier molecular flexibility index (Phi) is 6.25. The number of benzene rings is 3. The van der Waals surface area contributed by atoms with Crippen molar-refractivity contribution >= 4 is 32.6 Å². The molecule has 0 aromatic heterocycles. The Morgan fingerprint density at radius 2 is 1.57 bits per heavy atom. The molecule has 0 aliphatic rings. The Morgan fingerprint density at radius 1 is 0.929 bits per heavy atom. The van der Waals surface area contributed by atoms with E-state index in [1.54, 1.807) is 0 Å². The van der Waals surface area contributed by atoms with E-state index in [0.29, 0.717) is 0 Å². The Bertz CT molecular complexity index is 1000. The first kappa shape index (κ1) is 20.2. The average Bonchev–Trinajstić information content (AvgIpc) is 2.62. The standard InChI is InChI=1S/C23H24BrNO3/c1-14(2)27-23-10-9-21(13-22(23)24)28-20-8-7-18-11-17(5-6-19(18)12-20)15(3)25-16(4)26/h5-15H,1-4H3,(H,25,26). The lowest BCUT2D eigenvalue weighted by molar-refractivity contribution is -0.119. The number of rotatable bonds is 6. The molecule has 1 amide bonds. The van der Waals surface area contributed by atoms with Gasteiger partial charge in [0.25, 0.3) is 0 Å². The number of ether oxygens (including phenoxy) is 2. The van der Waals surface area contributed by atoms with Gasteiger partial charge in [-0.2, -0.15) is 0 Å². The third kappa shape index (κ3) is 5.04. The summed E-state index contributed by atoms with van der Waals surface area (Å²) in [6.45, 7) is 7.49. The monoisotopic (exact) mass is 441 g/mol. The molecular formula is C23H24BrNO3. The molecule has 0 fully saturated rings. The second-order valence-corrected chi connectivity index (χ2v) is 7.91. The molecule has 0 saturated heterocycles. The molecule has 1 N–H and O–H groups in total. The van der Waals surface area contributed by atoms with Crippen LogP contribution in [0.25, 0.3) is 10.8 Å². The van der Waals surface area contributed by atoms with Crippen LogP contribution < -0.4 is 14.8 Å². The third-order valence-electron chi connectivity index (χ3n) is 4.26. The maximum Gasteiger partial charge on any atom is 0.217 e. The number of amides is 1. The van der Waals surface area contributed by atoms with Crippen LogP contribution in [0.15, 0.2) is 59.1 Å². The van der Waals surface area contributed by atoms with Crippen molar-refractivity contribution < 1.29 is 14.3 Å². The quantitative estimate of drug-likeness (QED) is 0.482. The third-order valence-corrected chi connectivity index (χ3v) is 4.88. The van der Waals surface area contributed by atoms with E-state index in [4.69, 9.17) is 9.47 Å². The van der Waals surface area contributed by atoms with Gasteiger partial charge in [-0.25, -0.2) is 0 Å². The number of carbonyl (C=O) groups is 1. The fourth-order valence-electron chi connectivity index (χ4n) is 2.99. The van der Waals surface area contributed by atoms with Crippen molar-refractivity contribution in [2.24, 2.45) is 0 Å². The summed E-state index contributed by atoms with van der Waals surface area (Å²) in [5, 5.41) is 5.09. The van der Waals surface area contributed by atoms with E-state index < -0.39 is 0 Å². The van der Waals surface area contributed by atoms with Gasteiger partial charge in [-0.1, -0.05) is 18.2 Å². The van der Waals surface area contributed by atoms with Crippen molar-refractivity contribution in [3.05, 3.63) is 64.6 Å². The molecule has 1 atom stereocenters. The summed E-state index contributed by atoms with van der Waals surface area (Å²) in [6.07, 6.45) is 0.113. The Labute approximate surface area is 174 Å². The molecule has 28 heavy (non-hydrogen) atoms. The van der Waals surface area contributed by atoms with Crippen LogP contribution in [0.5, 0.6) is 17.2 Å². The zero-order chi connectivity index (χ0) is 20.3. The van der Waals surface area contributed by atoms with Crippen LogP contribution in [0.4, 0.5) is 0 Å². The van der Waals surface area contributed by atoms with Crippen LogP contribution in [-0.4, -0.2) is 12.0 Å². The zero-order valence-electron chi connectivity index (χ0n) is 16.5. The predicted octanol–water partition coefficient (Wildman–Crippen LogP) is 6.38. The molecule has 3 aromatic carbocycles. The lowest BCUT2D eigenvalue weighted by atomic mass is 10.0. The summed E-state index contributed by atoms with van der Waals surface area (Å²) in [5.74, 6) is 2.26. The minimum absolute atomic E-state index is 0.0262. The molecule has 146 valence electrons. The van der Waals surface area contributed by atoms with Crippen LogP contribution in [0.1, 0.15) is 39.3 Å². The van der Waals surface area contributed by atoms with Gasteiger partial charge in [0.2, 0.25) is 5.91 Å². The van der Waals surface area contributed by atoms with Crippen molar-refractivity contribution in [1.29, 1.82) is 0 Å². The number of fused-ring (bicyclic) bond motifs is 1. The second kappa shape index (κ2) is 8.65. The molecule has 0 saturated carbocycles. The van der Waals surface area contributed by atoms with Crippen molar-refractivity contribution in [3.8, 4) is 17.2 Å². The SMILES string of the molecule is CC(=O)NC(C)c1ccc2cc(Oc3ccc(OC(C)C)c(Br)c3)ccc2c1. The molecule has 3 rings (SSSR count). The normalized spacial score (nSPS) is 12.1. The highest BCUT2D eigenvalue weighted by molar-refractivity contribution is 9.10. The number of nitrogens with one attached hydrogen (secondary N) is 1. The van der Waals surface area contributed by atoms with Gasteiger partial charge in [0.15, 0.2) is 0 Å². The van der Waals surface area contributed by atoms with Gasteiger partial charge in [0.05, 0.1) is 16.6 Å². The first-order valence-corrected chi connectivity index (χ1v) is 10.1. The molecule has 0 spiro atoms.